The van der Waals surface area contributed by atoms with E-state index >= 15 is 0 Å². The van der Waals surface area contributed by atoms with E-state index in [1.165, 1.54) is 17.9 Å². The molecule has 1 N–H and O–H groups in total. The molecular weight excluding hydrogens is 365 g/mol. The summed E-state index contributed by atoms with van der Waals surface area (Å²) < 4.78 is 20.0. The Morgan fingerprint density at radius 2 is 2.18 bits per heavy atom. The molecule has 1 aromatic carbocycles. The van der Waals surface area contributed by atoms with Crippen LogP contribution in [0.3, 0.4) is 0 Å². The zero-order valence-corrected chi connectivity index (χ0v) is 15.6. The number of nitrogens with zero attached hydrogens (tertiary/aromatic N) is 4. The average Bonchev–Trinajstić information content (AvgIpc) is 3.16. The quantitative estimate of drug-likeness (QED) is 0.757. The van der Waals surface area contributed by atoms with Gasteiger partial charge in [-0.1, -0.05) is 0 Å². The molecule has 28 heavy (non-hydrogen) atoms. The molecule has 2 amide bonds. The molecule has 0 unspecified atom stereocenters. The minimum atomic E-state index is -0.547. The average molecular weight is 387 g/mol. The van der Waals surface area contributed by atoms with Gasteiger partial charge in [-0.05, 0) is 18.2 Å². The van der Waals surface area contributed by atoms with Gasteiger partial charge in [-0.2, -0.15) is 5.26 Å². The molecular formula is C19H22FN5O3. The maximum atomic E-state index is 14.8. The Bertz CT molecular complexity index is 841. The predicted octanol–water partition coefficient (Wildman–Crippen LogP) is 0.931. The topological polar surface area (TPSA) is 88.9 Å². The lowest BCUT2D eigenvalue weighted by molar-refractivity contribution is -0.119. The van der Waals surface area contributed by atoms with Crippen LogP contribution in [0.25, 0.3) is 0 Å². The second-order valence-electron chi connectivity index (χ2n) is 7.52. The molecule has 3 fully saturated rings. The molecule has 3 heterocycles. The van der Waals surface area contributed by atoms with Crippen molar-refractivity contribution in [1.82, 2.24) is 10.2 Å². The molecule has 0 spiro atoms. The molecule has 3 saturated heterocycles. The van der Waals surface area contributed by atoms with E-state index in [4.69, 9.17) is 10.00 Å². The number of amides is 2. The van der Waals surface area contributed by atoms with Gasteiger partial charge in [0, 0.05) is 38.5 Å². The van der Waals surface area contributed by atoms with Crippen molar-refractivity contribution in [2.45, 2.75) is 19.1 Å². The number of ether oxygens (including phenoxy) is 1. The van der Waals surface area contributed by atoms with E-state index in [0.29, 0.717) is 23.8 Å². The third-order valence-corrected chi connectivity index (χ3v) is 5.61. The first kappa shape index (κ1) is 18.5. The molecule has 0 bridgehead atoms. The Kier molecular flexibility index (Phi) is 4.81. The minimum absolute atomic E-state index is 0.196. The SMILES string of the molecule is CC(=O)NC[C@H]1CN(c2ccc(N3C[C@@H]4CN(CC#N)C[C@@H]43)c(F)c2)C(=O)O1. The molecule has 0 aliphatic carbocycles. The molecule has 1 aromatic rings. The van der Waals surface area contributed by atoms with Crippen LogP contribution in [-0.4, -0.2) is 68.3 Å². The van der Waals surface area contributed by atoms with Crippen molar-refractivity contribution in [2.75, 3.05) is 49.1 Å². The second kappa shape index (κ2) is 7.28. The van der Waals surface area contributed by atoms with Crippen molar-refractivity contribution >= 4 is 23.4 Å². The number of anilines is 2. The fourth-order valence-corrected chi connectivity index (χ4v) is 4.22. The van der Waals surface area contributed by atoms with Gasteiger partial charge in [0.2, 0.25) is 5.91 Å². The zero-order chi connectivity index (χ0) is 19.8. The first-order valence-corrected chi connectivity index (χ1v) is 9.34. The van der Waals surface area contributed by atoms with Crippen molar-refractivity contribution in [2.24, 2.45) is 5.92 Å². The van der Waals surface area contributed by atoms with Gasteiger partial charge < -0.3 is 15.0 Å². The smallest absolute Gasteiger partial charge is 0.414 e. The highest BCUT2D eigenvalue weighted by Crippen LogP contribution is 2.38. The van der Waals surface area contributed by atoms with Crippen molar-refractivity contribution in [1.29, 1.82) is 5.26 Å². The Balaban J connectivity index is 1.42. The van der Waals surface area contributed by atoms with E-state index in [1.54, 1.807) is 12.1 Å². The normalized spacial score (nSPS) is 26.5. The van der Waals surface area contributed by atoms with E-state index in [-0.39, 0.29) is 30.9 Å². The number of carbonyl (C=O) groups is 2. The van der Waals surface area contributed by atoms with Gasteiger partial charge >= 0.3 is 6.09 Å². The number of rotatable bonds is 5. The summed E-state index contributed by atoms with van der Waals surface area (Å²) in [6.45, 7) is 4.70. The van der Waals surface area contributed by atoms with Crippen molar-refractivity contribution in [3.8, 4) is 6.07 Å². The molecule has 3 atom stereocenters. The number of carbonyl (C=O) groups excluding carboxylic acids is 2. The van der Waals surface area contributed by atoms with E-state index in [9.17, 15) is 14.0 Å². The van der Waals surface area contributed by atoms with Crippen LogP contribution in [-0.2, 0) is 9.53 Å². The van der Waals surface area contributed by atoms with Crippen LogP contribution in [0.4, 0.5) is 20.6 Å². The summed E-state index contributed by atoms with van der Waals surface area (Å²) in [4.78, 5) is 28.6. The van der Waals surface area contributed by atoms with Crippen LogP contribution in [0.2, 0.25) is 0 Å². The van der Waals surface area contributed by atoms with Crippen LogP contribution >= 0.6 is 0 Å². The number of benzene rings is 1. The standard InChI is InChI=1S/C19H22FN5O3/c1-12(26)22-7-15-10-24(19(27)28-15)14-2-3-17(16(20)6-14)25-9-13-8-23(5-4-21)11-18(13)25/h2-3,6,13,15,18H,5,7-11H2,1H3,(H,22,26)/t13-,15-,18-/m0/s1. The molecule has 4 rings (SSSR count). The third-order valence-electron chi connectivity index (χ3n) is 5.61. The molecule has 8 nitrogen and oxygen atoms in total. The molecule has 9 heteroatoms. The number of likely N-dealkylation sites (tertiary alicyclic amines) is 1. The molecule has 0 saturated carbocycles. The summed E-state index contributed by atoms with van der Waals surface area (Å²) in [5, 5.41) is 11.5. The number of fused-ring (bicyclic) bond motifs is 1. The molecule has 3 aliphatic heterocycles. The van der Waals surface area contributed by atoms with Crippen molar-refractivity contribution in [3.05, 3.63) is 24.0 Å². The van der Waals surface area contributed by atoms with Gasteiger partial charge in [0.25, 0.3) is 0 Å². The predicted molar refractivity (Wildman–Crippen MR) is 99.4 cm³/mol. The third kappa shape index (κ3) is 3.36. The van der Waals surface area contributed by atoms with Crippen LogP contribution in [0.15, 0.2) is 18.2 Å². The maximum absolute atomic E-state index is 14.8. The molecule has 3 aliphatic rings. The maximum Gasteiger partial charge on any atom is 0.414 e. The van der Waals surface area contributed by atoms with Crippen LogP contribution in [0, 0.1) is 23.1 Å². The number of halogens is 1. The van der Waals surface area contributed by atoms with Crippen LogP contribution in [0.1, 0.15) is 6.92 Å². The highest BCUT2D eigenvalue weighted by atomic mass is 19.1. The number of nitrogens with one attached hydrogen (secondary N) is 1. The largest absolute Gasteiger partial charge is 0.442 e. The summed E-state index contributed by atoms with van der Waals surface area (Å²) in [5.74, 6) is -0.110. The van der Waals surface area contributed by atoms with Crippen molar-refractivity contribution < 1.29 is 18.7 Å². The lowest BCUT2D eigenvalue weighted by Crippen LogP contribution is -2.56. The number of cyclic esters (lactones) is 1. The van der Waals surface area contributed by atoms with Gasteiger partial charge in [0.15, 0.2) is 0 Å². The highest BCUT2D eigenvalue weighted by molar-refractivity contribution is 5.90. The first-order chi connectivity index (χ1) is 13.5. The Hall–Kier alpha value is -2.86. The van der Waals surface area contributed by atoms with E-state index in [2.05, 4.69) is 16.3 Å². The van der Waals surface area contributed by atoms with Gasteiger partial charge in [0.1, 0.15) is 11.9 Å². The second-order valence-corrected chi connectivity index (χ2v) is 7.52. The molecule has 0 aromatic heterocycles. The summed E-state index contributed by atoms with van der Waals surface area (Å²) in [5.41, 5.74) is 0.956. The van der Waals surface area contributed by atoms with Gasteiger partial charge in [-0.3, -0.25) is 14.6 Å². The number of nitriles is 1. The van der Waals surface area contributed by atoms with E-state index in [0.717, 1.165) is 19.6 Å². The fraction of sp³-hybridized carbons (Fsp3) is 0.526. The summed E-state index contributed by atoms with van der Waals surface area (Å²) in [6.07, 6.45) is -1.01. The Morgan fingerprint density at radius 1 is 1.36 bits per heavy atom. The zero-order valence-electron chi connectivity index (χ0n) is 15.6. The number of hydrogen-bond acceptors (Lipinski definition) is 6. The van der Waals surface area contributed by atoms with Crippen LogP contribution in [0.5, 0.6) is 0 Å². The van der Waals surface area contributed by atoms with Crippen molar-refractivity contribution in [3.63, 3.8) is 0 Å². The highest BCUT2D eigenvalue weighted by Gasteiger charge is 2.46. The van der Waals surface area contributed by atoms with E-state index < -0.39 is 12.2 Å². The van der Waals surface area contributed by atoms with E-state index in [1.807, 2.05) is 4.90 Å². The summed E-state index contributed by atoms with van der Waals surface area (Å²) >= 11 is 0. The Morgan fingerprint density at radius 3 is 2.89 bits per heavy atom. The lowest BCUT2D eigenvalue weighted by atomic mass is 9.91. The lowest BCUT2D eigenvalue weighted by Gasteiger charge is -2.45. The van der Waals surface area contributed by atoms with Gasteiger partial charge in [0.05, 0.1) is 37.1 Å². The monoisotopic (exact) mass is 387 g/mol. The Labute approximate surface area is 162 Å². The first-order valence-electron chi connectivity index (χ1n) is 9.34. The fourth-order valence-electron chi connectivity index (χ4n) is 4.22. The van der Waals surface area contributed by atoms with Gasteiger partial charge in [-0.25, -0.2) is 9.18 Å². The molecule has 148 valence electrons. The van der Waals surface area contributed by atoms with Gasteiger partial charge in [-0.15, -0.1) is 0 Å². The van der Waals surface area contributed by atoms with Crippen LogP contribution < -0.4 is 15.1 Å². The number of hydrogen-bond donors (Lipinski definition) is 1. The summed E-state index contributed by atoms with van der Waals surface area (Å²) in [6, 6.07) is 7.16. The molecule has 0 radical (unpaired) electrons. The summed E-state index contributed by atoms with van der Waals surface area (Å²) in [7, 11) is 0. The minimum Gasteiger partial charge on any atom is -0.442 e.